The molecule has 2 aromatic rings. The zero-order chi connectivity index (χ0) is 24.3. The van der Waals surface area contributed by atoms with Crippen molar-refractivity contribution in [2.75, 3.05) is 25.5 Å². The van der Waals surface area contributed by atoms with Gasteiger partial charge in [0.25, 0.3) is 5.91 Å². The standard InChI is InChI=1S/C25H30N4O4/c1-16(2)18-8-10-19(11-9-18)25(4)23(32)29(24(33)27-25)15-22(31)28(5)14-21(30)26-20-12-6-17(3)7-13-20/h6-13,16H,14-15H2,1-5H3,(H,26,30)(H,27,33)/t25-/m0/s1. The normalized spacial score (nSPS) is 17.8. The van der Waals surface area contributed by atoms with Gasteiger partial charge in [0.2, 0.25) is 11.8 Å². The van der Waals surface area contributed by atoms with Crippen LogP contribution in [-0.4, -0.2) is 53.7 Å². The molecule has 0 bridgehead atoms. The first kappa shape index (κ1) is 24.0. The first-order valence-corrected chi connectivity index (χ1v) is 10.9. The van der Waals surface area contributed by atoms with Crippen molar-refractivity contribution in [2.45, 2.75) is 39.2 Å². The maximum atomic E-state index is 13.1. The number of imide groups is 1. The maximum Gasteiger partial charge on any atom is 0.325 e. The van der Waals surface area contributed by atoms with E-state index in [1.54, 1.807) is 19.1 Å². The van der Waals surface area contributed by atoms with E-state index < -0.39 is 29.9 Å². The van der Waals surface area contributed by atoms with Gasteiger partial charge in [-0.3, -0.25) is 19.3 Å². The lowest BCUT2D eigenvalue weighted by Gasteiger charge is -2.23. The Morgan fingerprint density at radius 2 is 1.67 bits per heavy atom. The highest BCUT2D eigenvalue weighted by molar-refractivity contribution is 6.09. The first-order chi connectivity index (χ1) is 15.5. The van der Waals surface area contributed by atoms with Crippen LogP contribution in [0.5, 0.6) is 0 Å². The molecule has 5 amide bonds. The van der Waals surface area contributed by atoms with Crippen LogP contribution in [0.25, 0.3) is 0 Å². The fourth-order valence-electron chi connectivity index (χ4n) is 3.63. The fraction of sp³-hybridized carbons (Fsp3) is 0.360. The Morgan fingerprint density at radius 1 is 1.06 bits per heavy atom. The number of carbonyl (C=O) groups is 4. The van der Waals surface area contributed by atoms with Gasteiger partial charge < -0.3 is 15.5 Å². The molecule has 1 aliphatic heterocycles. The highest BCUT2D eigenvalue weighted by Crippen LogP contribution is 2.30. The molecular formula is C25H30N4O4. The fourth-order valence-corrected chi connectivity index (χ4v) is 3.63. The van der Waals surface area contributed by atoms with Crippen LogP contribution in [0.3, 0.4) is 0 Å². The number of anilines is 1. The zero-order valence-corrected chi connectivity index (χ0v) is 19.6. The third kappa shape index (κ3) is 5.22. The van der Waals surface area contributed by atoms with Crippen LogP contribution in [0.4, 0.5) is 10.5 Å². The molecule has 1 saturated heterocycles. The van der Waals surface area contributed by atoms with Crippen LogP contribution in [0.15, 0.2) is 48.5 Å². The molecule has 174 valence electrons. The molecule has 0 aliphatic carbocycles. The molecule has 2 aromatic carbocycles. The molecule has 33 heavy (non-hydrogen) atoms. The predicted octanol–water partition coefficient (Wildman–Crippen LogP) is 2.98. The second-order valence-electron chi connectivity index (χ2n) is 8.89. The van der Waals surface area contributed by atoms with E-state index in [0.717, 1.165) is 16.0 Å². The topological polar surface area (TPSA) is 98.8 Å². The van der Waals surface area contributed by atoms with Crippen LogP contribution >= 0.6 is 0 Å². The third-order valence-corrected chi connectivity index (χ3v) is 5.86. The Balaban J connectivity index is 1.62. The highest BCUT2D eigenvalue weighted by atomic mass is 16.2. The average molecular weight is 451 g/mol. The lowest BCUT2D eigenvalue weighted by Crippen LogP contribution is -2.45. The van der Waals surface area contributed by atoms with Crippen molar-refractivity contribution in [3.05, 3.63) is 65.2 Å². The van der Waals surface area contributed by atoms with Crippen molar-refractivity contribution in [1.29, 1.82) is 0 Å². The summed E-state index contributed by atoms with van der Waals surface area (Å²) in [4.78, 5) is 52.7. The van der Waals surface area contributed by atoms with Crippen molar-refractivity contribution >= 4 is 29.4 Å². The number of hydrogen-bond acceptors (Lipinski definition) is 4. The van der Waals surface area contributed by atoms with E-state index in [-0.39, 0.29) is 12.5 Å². The summed E-state index contributed by atoms with van der Waals surface area (Å²) in [6.07, 6.45) is 0. The second kappa shape index (κ2) is 9.44. The van der Waals surface area contributed by atoms with Crippen molar-refractivity contribution in [2.24, 2.45) is 0 Å². The largest absolute Gasteiger partial charge is 0.335 e. The van der Waals surface area contributed by atoms with Crippen molar-refractivity contribution in [1.82, 2.24) is 15.1 Å². The van der Waals surface area contributed by atoms with Gasteiger partial charge in [0, 0.05) is 12.7 Å². The van der Waals surface area contributed by atoms with Gasteiger partial charge in [-0.2, -0.15) is 0 Å². The lowest BCUT2D eigenvalue weighted by atomic mass is 9.90. The molecule has 8 heteroatoms. The lowest BCUT2D eigenvalue weighted by molar-refractivity contribution is -0.139. The van der Waals surface area contributed by atoms with Gasteiger partial charge in [0.15, 0.2) is 0 Å². The quantitative estimate of drug-likeness (QED) is 0.634. The number of nitrogens with zero attached hydrogens (tertiary/aromatic N) is 2. The number of carbonyl (C=O) groups excluding carboxylic acids is 4. The number of rotatable bonds is 7. The Bertz CT molecular complexity index is 1060. The molecular weight excluding hydrogens is 420 g/mol. The molecule has 0 aromatic heterocycles. The molecule has 8 nitrogen and oxygen atoms in total. The molecule has 1 fully saturated rings. The van der Waals surface area contributed by atoms with Crippen LogP contribution in [0.2, 0.25) is 0 Å². The molecule has 3 rings (SSSR count). The van der Waals surface area contributed by atoms with E-state index in [1.165, 1.54) is 11.9 Å². The smallest absolute Gasteiger partial charge is 0.325 e. The number of aryl methyl sites for hydroxylation is 1. The van der Waals surface area contributed by atoms with Crippen LogP contribution < -0.4 is 10.6 Å². The minimum absolute atomic E-state index is 0.204. The monoisotopic (exact) mass is 450 g/mol. The number of urea groups is 1. The maximum absolute atomic E-state index is 13.1. The van der Waals surface area contributed by atoms with Gasteiger partial charge >= 0.3 is 6.03 Å². The van der Waals surface area contributed by atoms with Crippen molar-refractivity contribution in [3.8, 4) is 0 Å². The van der Waals surface area contributed by atoms with Gasteiger partial charge in [0.1, 0.15) is 12.1 Å². The summed E-state index contributed by atoms with van der Waals surface area (Å²) >= 11 is 0. The molecule has 0 radical (unpaired) electrons. The summed E-state index contributed by atoms with van der Waals surface area (Å²) in [5, 5.41) is 5.43. The summed E-state index contributed by atoms with van der Waals surface area (Å²) in [5.74, 6) is -1.05. The predicted molar refractivity (Wildman–Crippen MR) is 126 cm³/mol. The van der Waals surface area contributed by atoms with Crippen LogP contribution in [0.1, 0.15) is 43.4 Å². The molecule has 0 saturated carbocycles. The van der Waals surface area contributed by atoms with Crippen molar-refractivity contribution < 1.29 is 19.2 Å². The van der Waals surface area contributed by atoms with Crippen LogP contribution in [0, 0.1) is 6.92 Å². The number of hydrogen-bond donors (Lipinski definition) is 2. The van der Waals surface area contributed by atoms with E-state index in [0.29, 0.717) is 17.2 Å². The number of likely N-dealkylation sites (N-methyl/N-ethyl adjacent to an activating group) is 1. The first-order valence-electron chi connectivity index (χ1n) is 10.9. The molecule has 0 spiro atoms. The summed E-state index contributed by atoms with van der Waals surface area (Å²) < 4.78 is 0. The summed E-state index contributed by atoms with van der Waals surface area (Å²) in [7, 11) is 1.46. The number of nitrogens with one attached hydrogen (secondary N) is 2. The summed E-state index contributed by atoms with van der Waals surface area (Å²) in [5.41, 5.74) is 2.20. The molecule has 1 aliphatic rings. The number of amides is 5. The van der Waals surface area contributed by atoms with Gasteiger partial charge in [-0.1, -0.05) is 55.8 Å². The minimum Gasteiger partial charge on any atom is -0.335 e. The van der Waals surface area contributed by atoms with Gasteiger partial charge in [-0.15, -0.1) is 0 Å². The zero-order valence-electron chi connectivity index (χ0n) is 19.6. The number of benzene rings is 2. The van der Waals surface area contributed by atoms with Crippen molar-refractivity contribution in [3.63, 3.8) is 0 Å². The van der Waals surface area contributed by atoms with E-state index in [1.807, 2.05) is 43.3 Å². The summed E-state index contributed by atoms with van der Waals surface area (Å²) in [6.45, 7) is 7.07. The second-order valence-corrected chi connectivity index (χ2v) is 8.89. The Hall–Kier alpha value is -3.68. The molecule has 0 unspecified atom stereocenters. The van der Waals surface area contributed by atoms with E-state index in [9.17, 15) is 19.2 Å². The minimum atomic E-state index is -1.26. The van der Waals surface area contributed by atoms with E-state index in [4.69, 9.17) is 0 Å². The van der Waals surface area contributed by atoms with Crippen LogP contribution in [-0.2, 0) is 19.9 Å². The van der Waals surface area contributed by atoms with Gasteiger partial charge in [-0.25, -0.2) is 4.79 Å². The molecule has 1 heterocycles. The van der Waals surface area contributed by atoms with Gasteiger partial charge in [-0.05, 0) is 43.0 Å². The van der Waals surface area contributed by atoms with Gasteiger partial charge in [0.05, 0.1) is 6.54 Å². The molecule has 1 atom stereocenters. The average Bonchev–Trinajstić information content (AvgIpc) is 2.99. The van der Waals surface area contributed by atoms with E-state index in [2.05, 4.69) is 24.5 Å². The third-order valence-electron chi connectivity index (χ3n) is 5.86. The highest BCUT2D eigenvalue weighted by Gasteiger charge is 2.49. The summed E-state index contributed by atoms with van der Waals surface area (Å²) in [6, 6.07) is 14.2. The molecule has 2 N–H and O–H groups in total. The Morgan fingerprint density at radius 3 is 2.24 bits per heavy atom. The Labute approximate surface area is 193 Å². The van der Waals surface area contributed by atoms with E-state index >= 15 is 0 Å². The SMILES string of the molecule is Cc1ccc(NC(=O)CN(C)C(=O)CN2C(=O)N[C@@](C)(c3ccc(C(C)C)cc3)C2=O)cc1. The Kier molecular flexibility index (Phi) is 6.86.